The van der Waals surface area contributed by atoms with Crippen molar-refractivity contribution >= 4 is 11.8 Å². The average molecular weight is 398 g/mol. The summed E-state index contributed by atoms with van der Waals surface area (Å²) in [5, 5.41) is 2.79. The van der Waals surface area contributed by atoms with Gasteiger partial charge in [0.2, 0.25) is 5.91 Å². The van der Waals surface area contributed by atoms with Gasteiger partial charge < -0.3 is 19.1 Å². The number of amides is 2. The summed E-state index contributed by atoms with van der Waals surface area (Å²) in [5.41, 5.74) is 1.27. The number of nitrogens with one attached hydrogen (secondary N) is 1. The van der Waals surface area contributed by atoms with E-state index in [1.807, 2.05) is 0 Å². The van der Waals surface area contributed by atoms with Gasteiger partial charge in [-0.3, -0.25) is 9.59 Å². The van der Waals surface area contributed by atoms with Crippen molar-refractivity contribution in [1.29, 1.82) is 0 Å². The third-order valence-corrected chi connectivity index (χ3v) is 4.50. The van der Waals surface area contributed by atoms with Crippen LogP contribution in [-0.4, -0.2) is 23.3 Å². The Morgan fingerprint density at radius 2 is 1.90 bits per heavy atom. The molecule has 29 heavy (non-hydrogen) atoms. The van der Waals surface area contributed by atoms with Gasteiger partial charge in [-0.1, -0.05) is 12.1 Å². The first-order valence-corrected chi connectivity index (χ1v) is 9.32. The van der Waals surface area contributed by atoms with Crippen LogP contribution in [0.25, 0.3) is 0 Å². The number of hydrogen-bond donors (Lipinski definition) is 1. The highest BCUT2D eigenvalue weighted by atomic mass is 19.1. The van der Waals surface area contributed by atoms with Crippen molar-refractivity contribution in [3.05, 3.63) is 83.0 Å². The van der Waals surface area contributed by atoms with E-state index in [4.69, 9.17) is 8.83 Å². The summed E-state index contributed by atoms with van der Waals surface area (Å²) in [6.45, 7) is 4.29. The number of halogens is 1. The van der Waals surface area contributed by atoms with Crippen molar-refractivity contribution in [2.45, 2.75) is 33.4 Å². The van der Waals surface area contributed by atoms with Crippen LogP contribution in [0.5, 0.6) is 0 Å². The molecule has 0 saturated carbocycles. The number of benzene rings is 1. The molecule has 0 aliphatic heterocycles. The molecule has 0 bridgehead atoms. The van der Waals surface area contributed by atoms with Gasteiger partial charge in [-0.25, -0.2) is 4.39 Å². The molecule has 1 aromatic carbocycles. The summed E-state index contributed by atoms with van der Waals surface area (Å²) in [6.07, 6.45) is 1.67. The molecule has 0 radical (unpaired) electrons. The fourth-order valence-electron chi connectivity index (χ4n) is 2.98. The van der Waals surface area contributed by atoms with E-state index in [1.165, 1.54) is 12.1 Å². The molecule has 0 atom stereocenters. The lowest BCUT2D eigenvalue weighted by Gasteiger charge is -2.21. The molecule has 1 N–H and O–H groups in total. The van der Waals surface area contributed by atoms with Crippen molar-refractivity contribution in [2.24, 2.45) is 0 Å². The minimum absolute atomic E-state index is 0.128. The highest BCUT2D eigenvalue weighted by Gasteiger charge is 2.22. The number of nitrogens with zero attached hydrogens (tertiary/aromatic N) is 1. The second-order valence-electron chi connectivity index (χ2n) is 6.79. The second-order valence-corrected chi connectivity index (χ2v) is 6.79. The lowest BCUT2D eigenvalue weighted by atomic mass is 10.2. The number of aryl methyl sites for hydroxylation is 2. The van der Waals surface area contributed by atoms with Crippen molar-refractivity contribution < 1.29 is 22.8 Å². The van der Waals surface area contributed by atoms with Gasteiger partial charge in [-0.15, -0.1) is 0 Å². The summed E-state index contributed by atoms with van der Waals surface area (Å²) in [5.74, 6) is 1.08. The van der Waals surface area contributed by atoms with Gasteiger partial charge in [0, 0.05) is 19.5 Å². The Bertz CT molecular complexity index is 961. The van der Waals surface area contributed by atoms with Crippen LogP contribution in [0.1, 0.15) is 39.6 Å². The second kappa shape index (κ2) is 9.23. The van der Waals surface area contributed by atoms with Crippen LogP contribution in [0.4, 0.5) is 4.39 Å². The third kappa shape index (κ3) is 5.57. The number of rotatable bonds is 8. The lowest BCUT2D eigenvalue weighted by Crippen LogP contribution is -2.35. The zero-order chi connectivity index (χ0) is 20.8. The van der Waals surface area contributed by atoms with Crippen LogP contribution in [-0.2, 0) is 17.9 Å². The molecular formula is C22H23FN2O4. The highest BCUT2D eigenvalue weighted by molar-refractivity contribution is 5.95. The highest BCUT2D eigenvalue weighted by Crippen LogP contribution is 2.18. The Labute approximate surface area is 168 Å². The summed E-state index contributed by atoms with van der Waals surface area (Å²) < 4.78 is 23.8. The molecule has 0 spiro atoms. The zero-order valence-corrected chi connectivity index (χ0v) is 16.4. The Balaban J connectivity index is 1.61. The van der Waals surface area contributed by atoms with Gasteiger partial charge in [-0.2, -0.15) is 0 Å². The maximum Gasteiger partial charge on any atom is 0.257 e. The van der Waals surface area contributed by atoms with Crippen molar-refractivity contribution in [3.8, 4) is 0 Å². The molecule has 6 nitrogen and oxygen atoms in total. The van der Waals surface area contributed by atoms with Crippen LogP contribution in [0.3, 0.4) is 0 Å². The van der Waals surface area contributed by atoms with E-state index in [9.17, 15) is 14.0 Å². The van der Waals surface area contributed by atoms with E-state index in [0.29, 0.717) is 29.4 Å². The fourth-order valence-corrected chi connectivity index (χ4v) is 2.98. The molecule has 0 aliphatic rings. The van der Waals surface area contributed by atoms with E-state index in [0.717, 1.165) is 5.56 Å². The van der Waals surface area contributed by atoms with E-state index < -0.39 is 0 Å². The molecule has 0 saturated heterocycles. The number of hydrogen-bond acceptors (Lipinski definition) is 4. The summed E-state index contributed by atoms with van der Waals surface area (Å²) >= 11 is 0. The predicted molar refractivity (Wildman–Crippen MR) is 104 cm³/mol. The van der Waals surface area contributed by atoms with E-state index in [1.54, 1.807) is 55.3 Å². The molecule has 152 valence electrons. The zero-order valence-electron chi connectivity index (χ0n) is 16.4. The molecule has 2 amide bonds. The van der Waals surface area contributed by atoms with Crippen LogP contribution in [0, 0.1) is 19.7 Å². The smallest absolute Gasteiger partial charge is 0.257 e. The first-order valence-electron chi connectivity index (χ1n) is 9.32. The first kappa shape index (κ1) is 20.4. The quantitative estimate of drug-likeness (QED) is 0.623. The topological polar surface area (TPSA) is 75.7 Å². The van der Waals surface area contributed by atoms with Crippen LogP contribution >= 0.6 is 0 Å². The normalized spacial score (nSPS) is 10.7. The standard InChI is InChI=1S/C22H23FN2O4/c1-15-12-20(16(2)29-15)22(27)25(14-19-4-3-11-28-19)10-9-21(26)24-13-17-5-7-18(23)8-6-17/h3-8,11-12H,9-10,13-14H2,1-2H3,(H,24,26). The van der Waals surface area contributed by atoms with Crippen molar-refractivity contribution in [3.63, 3.8) is 0 Å². The van der Waals surface area contributed by atoms with Gasteiger partial charge in [0.1, 0.15) is 23.1 Å². The summed E-state index contributed by atoms with van der Waals surface area (Å²) in [7, 11) is 0. The minimum Gasteiger partial charge on any atom is -0.467 e. The van der Waals surface area contributed by atoms with Gasteiger partial charge in [0.25, 0.3) is 5.91 Å². The Morgan fingerprint density at radius 3 is 2.52 bits per heavy atom. The maximum atomic E-state index is 13.0. The van der Waals surface area contributed by atoms with Gasteiger partial charge >= 0.3 is 0 Å². The molecular weight excluding hydrogens is 375 g/mol. The number of carbonyl (C=O) groups excluding carboxylic acids is 2. The van der Waals surface area contributed by atoms with Crippen molar-refractivity contribution in [2.75, 3.05) is 6.54 Å². The molecule has 3 aromatic rings. The molecule has 3 rings (SSSR count). The maximum absolute atomic E-state index is 13.0. The molecule has 2 aromatic heterocycles. The summed E-state index contributed by atoms with van der Waals surface area (Å²) in [4.78, 5) is 26.8. The van der Waals surface area contributed by atoms with Gasteiger partial charge in [0.05, 0.1) is 18.4 Å². The molecule has 2 heterocycles. The van der Waals surface area contributed by atoms with Crippen LogP contribution < -0.4 is 5.32 Å². The van der Waals surface area contributed by atoms with Crippen LogP contribution in [0.2, 0.25) is 0 Å². The van der Waals surface area contributed by atoms with E-state index in [-0.39, 0.29) is 37.1 Å². The molecule has 0 unspecified atom stereocenters. The van der Waals surface area contributed by atoms with Crippen LogP contribution in [0.15, 0.2) is 57.6 Å². The van der Waals surface area contributed by atoms with E-state index in [2.05, 4.69) is 5.32 Å². The number of furan rings is 2. The summed E-state index contributed by atoms with van der Waals surface area (Å²) in [6, 6.07) is 11.2. The average Bonchev–Trinajstić information content (AvgIpc) is 3.33. The van der Waals surface area contributed by atoms with Crippen molar-refractivity contribution in [1.82, 2.24) is 10.2 Å². The lowest BCUT2D eigenvalue weighted by molar-refractivity contribution is -0.121. The molecule has 0 fully saturated rings. The third-order valence-electron chi connectivity index (χ3n) is 4.50. The molecule has 0 aliphatic carbocycles. The molecule has 7 heteroatoms. The largest absolute Gasteiger partial charge is 0.467 e. The Kier molecular flexibility index (Phi) is 6.49. The van der Waals surface area contributed by atoms with Gasteiger partial charge in [-0.05, 0) is 49.7 Å². The Morgan fingerprint density at radius 1 is 1.14 bits per heavy atom. The first-order chi connectivity index (χ1) is 13.9. The Hall–Kier alpha value is -3.35. The predicted octanol–water partition coefficient (Wildman–Crippen LogP) is 3.98. The number of carbonyl (C=O) groups is 2. The fraction of sp³-hybridized carbons (Fsp3) is 0.273. The monoisotopic (exact) mass is 398 g/mol. The van der Waals surface area contributed by atoms with Gasteiger partial charge in [0.15, 0.2) is 0 Å². The van der Waals surface area contributed by atoms with E-state index >= 15 is 0 Å². The minimum atomic E-state index is -0.322. The SMILES string of the molecule is Cc1cc(C(=O)N(CCC(=O)NCc2ccc(F)cc2)Cc2ccco2)c(C)o1.